The first-order chi connectivity index (χ1) is 11.1. The monoisotopic (exact) mass is 312 g/mol. The van der Waals surface area contributed by atoms with Crippen LogP contribution < -0.4 is 0 Å². The average molecular weight is 312 g/mol. The Balaban J connectivity index is 1.60. The number of carbonyl (C=O) groups excluding carboxylic acids is 1. The molecule has 4 heteroatoms. The minimum atomic E-state index is -0.534. The van der Waals surface area contributed by atoms with Crippen molar-refractivity contribution in [1.29, 1.82) is 0 Å². The number of rotatable bonds is 1. The molecule has 1 amide bonds. The third kappa shape index (κ3) is 2.36. The highest BCUT2D eigenvalue weighted by molar-refractivity contribution is 5.98. The predicted octanol–water partition coefficient (Wildman–Crippen LogP) is 2.95. The van der Waals surface area contributed by atoms with Crippen molar-refractivity contribution in [2.75, 3.05) is 13.1 Å². The number of nitrogens with zero attached hydrogens (tertiary/aromatic N) is 2. The van der Waals surface area contributed by atoms with Gasteiger partial charge >= 0.3 is 0 Å². The van der Waals surface area contributed by atoms with E-state index in [-0.39, 0.29) is 11.8 Å². The van der Waals surface area contributed by atoms with Crippen LogP contribution in [0.5, 0.6) is 0 Å². The number of carbonyl (C=O) groups is 1. The molecule has 23 heavy (non-hydrogen) atoms. The Labute approximate surface area is 136 Å². The van der Waals surface area contributed by atoms with Crippen molar-refractivity contribution in [1.82, 2.24) is 9.47 Å². The highest BCUT2D eigenvalue weighted by Gasteiger charge is 2.44. The van der Waals surface area contributed by atoms with Gasteiger partial charge in [0.05, 0.1) is 5.60 Å². The Morgan fingerprint density at radius 1 is 1.26 bits per heavy atom. The van der Waals surface area contributed by atoms with Crippen LogP contribution in [0.3, 0.4) is 0 Å². The first kappa shape index (κ1) is 14.8. The summed E-state index contributed by atoms with van der Waals surface area (Å²) >= 11 is 0. The van der Waals surface area contributed by atoms with Crippen molar-refractivity contribution in [3.05, 3.63) is 36.0 Å². The fourth-order valence-corrected chi connectivity index (χ4v) is 4.41. The Hall–Kier alpha value is -1.81. The molecule has 2 aliphatic rings. The van der Waals surface area contributed by atoms with E-state index in [2.05, 4.69) is 0 Å². The van der Waals surface area contributed by atoms with E-state index in [1.165, 1.54) is 6.42 Å². The number of fused-ring (bicyclic) bond motifs is 2. The van der Waals surface area contributed by atoms with E-state index in [0.717, 1.165) is 35.9 Å². The number of aliphatic hydroxyl groups is 1. The normalized spacial score (nSPS) is 27.9. The maximum absolute atomic E-state index is 13.0. The zero-order chi connectivity index (χ0) is 16.0. The SMILES string of the molecule is Cn1c(C(=O)N2CCC3(O)CCCCC3C2)cc2ccccc21. The van der Waals surface area contributed by atoms with Crippen LogP contribution in [0.25, 0.3) is 10.9 Å². The van der Waals surface area contributed by atoms with Crippen molar-refractivity contribution >= 4 is 16.8 Å². The predicted molar refractivity (Wildman–Crippen MR) is 90.3 cm³/mol. The van der Waals surface area contributed by atoms with Gasteiger partial charge in [-0.15, -0.1) is 0 Å². The second-order valence-corrected chi connectivity index (χ2v) is 7.19. The first-order valence-corrected chi connectivity index (χ1v) is 8.65. The highest BCUT2D eigenvalue weighted by atomic mass is 16.3. The van der Waals surface area contributed by atoms with Gasteiger partial charge in [-0.25, -0.2) is 0 Å². The molecule has 2 unspecified atom stereocenters. The van der Waals surface area contributed by atoms with E-state index in [9.17, 15) is 9.90 Å². The number of benzene rings is 1. The summed E-state index contributed by atoms with van der Waals surface area (Å²) in [5.74, 6) is 0.333. The summed E-state index contributed by atoms with van der Waals surface area (Å²) in [6.07, 6.45) is 4.93. The topological polar surface area (TPSA) is 45.5 Å². The van der Waals surface area contributed by atoms with Gasteiger partial charge in [-0.2, -0.15) is 0 Å². The van der Waals surface area contributed by atoms with E-state index in [4.69, 9.17) is 0 Å². The summed E-state index contributed by atoms with van der Waals surface area (Å²) in [4.78, 5) is 14.9. The number of para-hydroxylation sites is 1. The number of piperidine rings is 1. The summed E-state index contributed by atoms with van der Waals surface area (Å²) < 4.78 is 1.99. The van der Waals surface area contributed by atoms with E-state index in [0.29, 0.717) is 19.5 Å². The maximum Gasteiger partial charge on any atom is 0.270 e. The van der Waals surface area contributed by atoms with Crippen LogP contribution in [0.2, 0.25) is 0 Å². The first-order valence-electron chi connectivity index (χ1n) is 8.65. The van der Waals surface area contributed by atoms with Gasteiger partial charge in [-0.05, 0) is 31.4 Å². The molecule has 2 heterocycles. The Bertz CT molecular complexity index is 751. The lowest BCUT2D eigenvalue weighted by Crippen LogP contribution is -2.54. The van der Waals surface area contributed by atoms with Crippen molar-refractivity contribution in [2.45, 2.75) is 37.7 Å². The summed E-state index contributed by atoms with van der Waals surface area (Å²) in [5.41, 5.74) is 1.29. The van der Waals surface area contributed by atoms with Gasteiger partial charge in [0.2, 0.25) is 0 Å². The maximum atomic E-state index is 13.0. The van der Waals surface area contributed by atoms with Crippen LogP contribution in [0, 0.1) is 5.92 Å². The molecular weight excluding hydrogens is 288 g/mol. The molecule has 0 spiro atoms. The highest BCUT2D eigenvalue weighted by Crippen LogP contribution is 2.40. The second-order valence-electron chi connectivity index (χ2n) is 7.19. The minimum Gasteiger partial charge on any atom is -0.389 e. The van der Waals surface area contributed by atoms with Gasteiger partial charge in [0.25, 0.3) is 5.91 Å². The van der Waals surface area contributed by atoms with Gasteiger partial charge in [0.15, 0.2) is 0 Å². The molecule has 1 aliphatic carbocycles. The molecule has 1 aromatic heterocycles. The molecule has 1 saturated heterocycles. The smallest absolute Gasteiger partial charge is 0.270 e. The largest absolute Gasteiger partial charge is 0.389 e. The van der Waals surface area contributed by atoms with E-state index in [1.54, 1.807) is 0 Å². The zero-order valence-electron chi connectivity index (χ0n) is 13.7. The Morgan fingerprint density at radius 2 is 2.09 bits per heavy atom. The number of amides is 1. The average Bonchev–Trinajstić information content (AvgIpc) is 2.91. The Kier molecular flexibility index (Phi) is 3.45. The summed E-state index contributed by atoms with van der Waals surface area (Å²) in [6, 6.07) is 10.1. The van der Waals surface area contributed by atoms with Crippen LogP contribution in [-0.4, -0.2) is 39.2 Å². The number of hydrogen-bond acceptors (Lipinski definition) is 2. The molecule has 1 aromatic carbocycles. The van der Waals surface area contributed by atoms with E-state index >= 15 is 0 Å². The third-order valence-electron chi connectivity index (χ3n) is 5.89. The molecule has 1 aliphatic heterocycles. The molecular formula is C19H24N2O2. The quantitative estimate of drug-likeness (QED) is 0.880. The van der Waals surface area contributed by atoms with Gasteiger partial charge in [0, 0.05) is 37.0 Å². The molecule has 0 bridgehead atoms. The van der Waals surface area contributed by atoms with Crippen molar-refractivity contribution in [3.8, 4) is 0 Å². The van der Waals surface area contributed by atoms with Crippen LogP contribution in [-0.2, 0) is 7.05 Å². The molecule has 4 nitrogen and oxygen atoms in total. The van der Waals surface area contributed by atoms with Crippen LogP contribution in [0.15, 0.2) is 30.3 Å². The summed E-state index contributed by atoms with van der Waals surface area (Å²) in [5, 5.41) is 11.9. The van der Waals surface area contributed by atoms with Gasteiger partial charge in [0.1, 0.15) is 5.69 Å². The second kappa shape index (κ2) is 5.38. The van der Waals surface area contributed by atoms with Crippen molar-refractivity contribution in [2.24, 2.45) is 13.0 Å². The molecule has 2 aromatic rings. The van der Waals surface area contributed by atoms with Crippen molar-refractivity contribution in [3.63, 3.8) is 0 Å². The number of aromatic nitrogens is 1. The molecule has 1 saturated carbocycles. The lowest BCUT2D eigenvalue weighted by Gasteiger charge is -2.47. The van der Waals surface area contributed by atoms with Gasteiger partial charge < -0.3 is 14.6 Å². The molecule has 122 valence electrons. The minimum absolute atomic E-state index is 0.0938. The lowest BCUT2D eigenvalue weighted by atomic mass is 9.71. The Morgan fingerprint density at radius 3 is 2.91 bits per heavy atom. The van der Waals surface area contributed by atoms with Crippen LogP contribution in [0.4, 0.5) is 0 Å². The molecule has 1 N–H and O–H groups in total. The van der Waals surface area contributed by atoms with Gasteiger partial charge in [-0.3, -0.25) is 4.79 Å². The van der Waals surface area contributed by atoms with Crippen molar-refractivity contribution < 1.29 is 9.90 Å². The van der Waals surface area contributed by atoms with Gasteiger partial charge in [-0.1, -0.05) is 31.0 Å². The lowest BCUT2D eigenvalue weighted by molar-refractivity contribution is -0.0887. The fraction of sp³-hybridized carbons (Fsp3) is 0.526. The third-order valence-corrected chi connectivity index (χ3v) is 5.89. The zero-order valence-corrected chi connectivity index (χ0v) is 13.7. The fourth-order valence-electron chi connectivity index (χ4n) is 4.41. The number of hydrogen-bond donors (Lipinski definition) is 1. The molecule has 0 radical (unpaired) electrons. The molecule has 2 atom stereocenters. The molecule has 4 rings (SSSR count). The van der Waals surface area contributed by atoms with Crippen LogP contribution >= 0.6 is 0 Å². The number of aryl methyl sites for hydroxylation is 1. The number of likely N-dealkylation sites (tertiary alicyclic amines) is 1. The van der Waals surface area contributed by atoms with E-state index in [1.807, 2.05) is 46.8 Å². The summed E-state index contributed by atoms with van der Waals surface area (Å²) in [7, 11) is 1.95. The van der Waals surface area contributed by atoms with E-state index < -0.39 is 5.60 Å². The standard InChI is InChI=1S/C19H24N2O2/c1-20-16-8-3-2-6-14(16)12-17(20)18(22)21-11-10-19(23)9-5-4-7-15(19)13-21/h2-3,6,8,12,15,23H,4-5,7,9-11,13H2,1H3. The summed E-state index contributed by atoms with van der Waals surface area (Å²) in [6.45, 7) is 1.35. The molecule has 2 fully saturated rings. The van der Waals surface area contributed by atoms with Crippen LogP contribution in [0.1, 0.15) is 42.6 Å².